The maximum absolute atomic E-state index is 12.4. The van der Waals surface area contributed by atoms with Crippen LogP contribution in [0.3, 0.4) is 0 Å². The molecule has 174 valence electrons. The van der Waals surface area contributed by atoms with Gasteiger partial charge in [-0.3, -0.25) is 9.79 Å². The SMILES string of the molecule is CCCOc1cc(C)ccc1CNC(=NC)NCc1cccc(C(=O)NCCN(C)C)c1. The van der Waals surface area contributed by atoms with Crippen molar-refractivity contribution in [1.82, 2.24) is 20.9 Å². The van der Waals surface area contributed by atoms with Crippen molar-refractivity contribution in [2.24, 2.45) is 4.99 Å². The number of benzene rings is 2. The van der Waals surface area contributed by atoms with Crippen LogP contribution in [0.5, 0.6) is 5.75 Å². The Labute approximate surface area is 192 Å². The highest BCUT2D eigenvalue weighted by Gasteiger charge is 2.08. The van der Waals surface area contributed by atoms with Crippen LogP contribution in [0.25, 0.3) is 0 Å². The topological polar surface area (TPSA) is 78.0 Å². The van der Waals surface area contributed by atoms with Gasteiger partial charge in [-0.1, -0.05) is 31.2 Å². The molecule has 0 aromatic heterocycles. The fourth-order valence-electron chi connectivity index (χ4n) is 3.06. The fourth-order valence-corrected chi connectivity index (χ4v) is 3.06. The van der Waals surface area contributed by atoms with Gasteiger partial charge >= 0.3 is 0 Å². The smallest absolute Gasteiger partial charge is 0.251 e. The number of nitrogens with one attached hydrogen (secondary N) is 3. The molecule has 7 heteroatoms. The van der Waals surface area contributed by atoms with Crippen LogP contribution in [0.4, 0.5) is 0 Å². The van der Waals surface area contributed by atoms with Gasteiger partial charge in [0.05, 0.1) is 6.61 Å². The fraction of sp³-hybridized carbons (Fsp3) is 0.440. The van der Waals surface area contributed by atoms with Crippen molar-refractivity contribution in [2.45, 2.75) is 33.4 Å². The zero-order chi connectivity index (χ0) is 23.3. The number of ether oxygens (including phenoxy) is 1. The van der Waals surface area contributed by atoms with Crippen LogP contribution in [0, 0.1) is 6.92 Å². The highest BCUT2D eigenvalue weighted by atomic mass is 16.5. The van der Waals surface area contributed by atoms with Gasteiger partial charge in [-0.15, -0.1) is 0 Å². The average molecular weight is 440 g/mol. The van der Waals surface area contributed by atoms with Crippen LogP contribution in [0.15, 0.2) is 47.5 Å². The number of hydrogen-bond acceptors (Lipinski definition) is 4. The Morgan fingerprint density at radius 1 is 1.06 bits per heavy atom. The predicted octanol–water partition coefficient (Wildman–Crippen LogP) is 2.94. The zero-order valence-electron chi connectivity index (χ0n) is 20.0. The minimum atomic E-state index is -0.0600. The van der Waals surface area contributed by atoms with Crippen molar-refractivity contribution in [2.75, 3.05) is 40.8 Å². The second kappa shape index (κ2) is 13.4. The second-order valence-corrected chi connectivity index (χ2v) is 8.00. The van der Waals surface area contributed by atoms with Crippen LogP contribution in [-0.2, 0) is 13.1 Å². The Hall–Kier alpha value is -3.06. The normalized spacial score (nSPS) is 11.4. The molecule has 3 N–H and O–H groups in total. The molecule has 32 heavy (non-hydrogen) atoms. The van der Waals surface area contributed by atoms with Gasteiger partial charge in [0.15, 0.2) is 5.96 Å². The van der Waals surface area contributed by atoms with Crippen molar-refractivity contribution in [3.8, 4) is 5.75 Å². The molecular formula is C25H37N5O2. The lowest BCUT2D eigenvalue weighted by atomic mass is 10.1. The lowest BCUT2D eigenvalue weighted by Crippen LogP contribution is -2.36. The van der Waals surface area contributed by atoms with Crippen LogP contribution in [-0.4, -0.2) is 57.6 Å². The van der Waals surface area contributed by atoms with Crippen molar-refractivity contribution < 1.29 is 9.53 Å². The number of nitrogens with zero attached hydrogens (tertiary/aromatic N) is 2. The van der Waals surface area contributed by atoms with Crippen molar-refractivity contribution >= 4 is 11.9 Å². The van der Waals surface area contributed by atoms with Gasteiger partial charge < -0.3 is 25.6 Å². The van der Waals surface area contributed by atoms with Crippen LogP contribution < -0.4 is 20.7 Å². The first-order valence-corrected chi connectivity index (χ1v) is 11.1. The number of aliphatic imine (C=N–C) groups is 1. The van der Waals surface area contributed by atoms with Crippen LogP contribution in [0.2, 0.25) is 0 Å². The van der Waals surface area contributed by atoms with E-state index >= 15 is 0 Å². The van der Waals surface area contributed by atoms with E-state index in [1.807, 2.05) is 43.3 Å². The molecule has 0 aliphatic heterocycles. The number of hydrogen-bond donors (Lipinski definition) is 3. The molecule has 0 unspecified atom stereocenters. The summed E-state index contributed by atoms with van der Waals surface area (Å²) in [7, 11) is 5.71. The molecular weight excluding hydrogens is 402 g/mol. The first-order chi connectivity index (χ1) is 15.4. The standard InChI is InChI=1S/C25H37N5O2/c1-6-14-32-23-15-19(2)10-11-22(23)18-29-25(26-3)28-17-20-8-7-9-21(16-20)24(31)27-12-13-30(4)5/h7-11,15-16H,6,12-14,17-18H2,1-5H3,(H,27,31)(H2,26,28,29). The summed E-state index contributed by atoms with van der Waals surface area (Å²) in [4.78, 5) is 18.7. The quantitative estimate of drug-likeness (QED) is 0.371. The molecule has 0 saturated carbocycles. The van der Waals surface area contributed by atoms with Gasteiger partial charge in [-0.2, -0.15) is 0 Å². The molecule has 7 nitrogen and oxygen atoms in total. The third kappa shape index (κ3) is 8.59. The number of carbonyl (C=O) groups is 1. The Balaban J connectivity index is 1.91. The van der Waals surface area contributed by atoms with E-state index in [0.717, 1.165) is 29.8 Å². The highest BCUT2D eigenvalue weighted by Crippen LogP contribution is 2.20. The molecule has 0 aliphatic rings. The monoisotopic (exact) mass is 439 g/mol. The average Bonchev–Trinajstić information content (AvgIpc) is 2.78. The van der Waals surface area contributed by atoms with Crippen molar-refractivity contribution in [1.29, 1.82) is 0 Å². The van der Waals surface area contributed by atoms with E-state index in [1.165, 1.54) is 5.56 Å². The van der Waals surface area contributed by atoms with Crippen molar-refractivity contribution in [3.05, 3.63) is 64.7 Å². The van der Waals surface area contributed by atoms with E-state index in [2.05, 4.69) is 53.0 Å². The number of guanidine groups is 1. The van der Waals surface area contributed by atoms with Gasteiger partial charge in [0, 0.05) is 44.4 Å². The molecule has 0 atom stereocenters. The summed E-state index contributed by atoms with van der Waals surface area (Å²) in [5.74, 6) is 1.53. The van der Waals surface area contributed by atoms with Gasteiger partial charge in [0.2, 0.25) is 0 Å². The molecule has 0 aliphatic carbocycles. The van der Waals surface area contributed by atoms with E-state index in [0.29, 0.717) is 37.8 Å². The van der Waals surface area contributed by atoms with E-state index in [1.54, 1.807) is 7.05 Å². The first-order valence-electron chi connectivity index (χ1n) is 11.1. The summed E-state index contributed by atoms with van der Waals surface area (Å²) in [6.07, 6.45) is 0.969. The number of carbonyl (C=O) groups excluding carboxylic acids is 1. The maximum atomic E-state index is 12.4. The first kappa shape index (κ1) is 25.2. The minimum absolute atomic E-state index is 0.0600. The Morgan fingerprint density at radius 3 is 2.56 bits per heavy atom. The number of aryl methyl sites for hydroxylation is 1. The number of amides is 1. The molecule has 0 radical (unpaired) electrons. The molecule has 0 fully saturated rings. The molecule has 2 aromatic carbocycles. The lowest BCUT2D eigenvalue weighted by Gasteiger charge is -2.15. The minimum Gasteiger partial charge on any atom is -0.493 e. The van der Waals surface area contributed by atoms with Crippen molar-refractivity contribution in [3.63, 3.8) is 0 Å². The molecule has 1 amide bonds. The summed E-state index contributed by atoms with van der Waals surface area (Å²) in [6.45, 7) is 7.45. The Morgan fingerprint density at radius 2 is 1.84 bits per heavy atom. The summed E-state index contributed by atoms with van der Waals surface area (Å²) >= 11 is 0. The van der Waals surface area contributed by atoms with E-state index < -0.39 is 0 Å². The lowest BCUT2D eigenvalue weighted by molar-refractivity contribution is 0.0951. The van der Waals surface area contributed by atoms with E-state index in [4.69, 9.17) is 4.74 Å². The number of rotatable bonds is 11. The zero-order valence-corrected chi connectivity index (χ0v) is 20.0. The Kier molecular flexibility index (Phi) is 10.5. The van der Waals surface area contributed by atoms with Crippen LogP contribution >= 0.6 is 0 Å². The van der Waals surface area contributed by atoms with E-state index in [9.17, 15) is 4.79 Å². The predicted molar refractivity (Wildman–Crippen MR) is 131 cm³/mol. The summed E-state index contributed by atoms with van der Waals surface area (Å²) < 4.78 is 5.90. The summed E-state index contributed by atoms with van der Waals surface area (Å²) in [5, 5.41) is 9.60. The van der Waals surface area contributed by atoms with Gasteiger partial charge in [0.1, 0.15) is 5.75 Å². The molecule has 0 spiro atoms. The van der Waals surface area contributed by atoms with Gasteiger partial charge in [-0.25, -0.2) is 0 Å². The third-order valence-corrected chi connectivity index (χ3v) is 4.85. The molecule has 2 rings (SSSR count). The Bertz CT molecular complexity index is 896. The van der Waals surface area contributed by atoms with Gasteiger partial charge in [0.25, 0.3) is 5.91 Å². The molecule has 0 saturated heterocycles. The second-order valence-electron chi connectivity index (χ2n) is 8.00. The summed E-state index contributed by atoms with van der Waals surface area (Å²) in [6, 6.07) is 13.9. The molecule has 2 aromatic rings. The van der Waals surface area contributed by atoms with Gasteiger partial charge in [-0.05, 0) is 56.8 Å². The molecule has 0 heterocycles. The highest BCUT2D eigenvalue weighted by molar-refractivity contribution is 5.94. The molecule has 0 bridgehead atoms. The largest absolute Gasteiger partial charge is 0.493 e. The summed E-state index contributed by atoms with van der Waals surface area (Å²) in [5.41, 5.74) is 3.93. The van der Waals surface area contributed by atoms with E-state index in [-0.39, 0.29) is 5.91 Å². The third-order valence-electron chi connectivity index (χ3n) is 4.85. The number of likely N-dealkylation sites (N-methyl/N-ethyl adjacent to an activating group) is 1. The van der Waals surface area contributed by atoms with Crippen LogP contribution in [0.1, 0.15) is 40.4 Å². The maximum Gasteiger partial charge on any atom is 0.251 e.